The van der Waals surface area contributed by atoms with Crippen molar-refractivity contribution in [3.05, 3.63) is 12.2 Å². The molecule has 0 aromatic heterocycles. The highest BCUT2D eigenvalue weighted by molar-refractivity contribution is 5.92. The van der Waals surface area contributed by atoms with Crippen molar-refractivity contribution in [1.82, 2.24) is 10.2 Å². The van der Waals surface area contributed by atoms with Gasteiger partial charge in [0.2, 0.25) is 11.8 Å². The molecule has 1 unspecified atom stereocenters. The molecule has 1 atom stereocenters. The van der Waals surface area contributed by atoms with Gasteiger partial charge in [-0.15, -0.1) is 0 Å². The second-order valence-electron chi connectivity index (χ2n) is 3.31. The summed E-state index contributed by atoms with van der Waals surface area (Å²) in [5.74, 6) is -0.287. The molecule has 0 radical (unpaired) electrons. The van der Waals surface area contributed by atoms with E-state index in [4.69, 9.17) is 0 Å². The average molecular weight is 210 g/mol. The molecule has 5 heteroatoms. The summed E-state index contributed by atoms with van der Waals surface area (Å²) in [6.07, 6.45) is 4.49. The molecule has 1 aliphatic heterocycles. The maximum Gasteiger partial charge on any atom is 0.247 e. The number of carbonyl (C=O) groups excluding carboxylic acids is 3. The molecule has 1 aliphatic rings. The molecule has 5 nitrogen and oxygen atoms in total. The fourth-order valence-electron chi connectivity index (χ4n) is 1.45. The molecule has 82 valence electrons. The summed E-state index contributed by atoms with van der Waals surface area (Å²) in [5.41, 5.74) is 0. The lowest BCUT2D eigenvalue weighted by atomic mass is 10.1. The first-order valence-electron chi connectivity index (χ1n) is 4.82. The monoisotopic (exact) mass is 210 g/mol. The van der Waals surface area contributed by atoms with Crippen LogP contribution in [0.3, 0.4) is 0 Å². The Bertz CT molecular complexity index is 299. The molecule has 1 N–H and O–H groups in total. The smallest absolute Gasteiger partial charge is 0.247 e. The number of hydrogen-bond acceptors (Lipinski definition) is 3. The second kappa shape index (κ2) is 5.29. The molecule has 15 heavy (non-hydrogen) atoms. The lowest BCUT2D eigenvalue weighted by molar-refractivity contribution is -0.131. The summed E-state index contributed by atoms with van der Waals surface area (Å²) >= 11 is 0. The van der Waals surface area contributed by atoms with E-state index < -0.39 is 6.04 Å². The zero-order valence-electron chi connectivity index (χ0n) is 8.60. The Balaban J connectivity index is 2.46. The van der Waals surface area contributed by atoms with Gasteiger partial charge in [-0.1, -0.05) is 6.08 Å². The minimum atomic E-state index is -0.496. The zero-order valence-corrected chi connectivity index (χ0v) is 8.60. The van der Waals surface area contributed by atoms with Crippen LogP contribution >= 0.6 is 0 Å². The van der Waals surface area contributed by atoms with Crippen LogP contribution in [-0.4, -0.2) is 42.6 Å². The topological polar surface area (TPSA) is 66.5 Å². The van der Waals surface area contributed by atoms with Crippen molar-refractivity contribution in [3.63, 3.8) is 0 Å². The molecule has 1 rings (SSSR count). The second-order valence-corrected chi connectivity index (χ2v) is 3.31. The number of carbonyl (C=O) groups is 3. The van der Waals surface area contributed by atoms with E-state index in [-0.39, 0.29) is 18.2 Å². The van der Waals surface area contributed by atoms with Gasteiger partial charge in [0.15, 0.2) is 0 Å². The Morgan fingerprint density at radius 1 is 1.73 bits per heavy atom. The molecule has 0 fully saturated rings. The number of rotatable bonds is 5. The first kappa shape index (κ1) is 11.4. The third-order valence-corrected chi connectivity index (χ3v) is 2.35. The Kier molecular flexibility index (Phi) is 4.03. The fraction of sp³-hybridized carbons (Fsp3) is 0.500. The predicted octanol–water partition coefficient (Wildman–Crippen LogP) is -0.522. The SMILES string of the molecule is CNC(=O)CCC(C=O)N1CC=CC1=O. The summed E-state index contributed by atoms with van der Waals surface area (Å²) in [6.45, 7) is 0.454. The number of amides is 2. The molecule has 0 aromatic carbocycles. The lowest BCUT2D eigenvalue weighted by Crippen LogP contribution is -2.38. The van der Waals surface area contributed by atoms with Gasteiger partial charge in [0.1, 0.15) is 6.29 Å². The van der Waals surface area contributed by atoms with E-state index >= 15 is 0 Å². The highest BCUT2D eigenvalue weighted by atomic mass is 16.2. The Hall–Kier alpha value is -1.65. The van der Waals surface area contributed by atoms with Gasteiger partial charge in [0.05, 0.1) is 6.04 Å². The van der Waals surface area contributed by atoms with E-state index in [2.05, 4.69) is 5.32 Å². The molecular weight excluding hydrogens is 196 g/mol. The van der Waals surface area contributed by atoms with Crippen LogP contribution in [-0.2, 0) is 14.4 Å². The molecule has 0 saturated carbocycles. The molecule has 0 spiro atoms. The quantitative estimate of drug-likeness (QED) is 0.621. The molecular formula is C10H14N2O3. The van der Waals surface area contributed by atoms with Gasteiger partial charge in [-0.05, 0) is 6.42 Å². The van der Waals surface area contributed by atoms with Crippen LogP contribution in [0.25, 0.3) is 0 Å². The van der Waals surface area contributed by atoms with E-state index in [9.17, 15) is 14.4 Å². The number of aldehydes is 1. The van der Waals surface area contributed by atoms with E-state index in [0.717, 1.165) is 0 Å². The highest BCUT2D eigenvalue weighted by Gasteiger charge is 2.24. The van der Waals surface area contributed by atoms with Gasteiger partial charge < -0.3 is 15.0 Å². The maximum absolute atomic E-state index is 11.3. The highest BCUT2D eigenvalue weighted by Crippen LogP contribution is 2.10. The normalized spacial score (nSPS) is 16.6. The summed E-state index contributed by atoms with van der Waals surface area (Å²) < 4.78 is 0. The molecule has 2 amide bonds. The minimum Gasteiger partial charge on any atom is -0.359 e. The third-order valence-electron chi connectivity index (χ3n) is 2.35. The maximum atomic E-state index is 11.3. The van der Waals surface area contributed by atoms with E-state index in [1.165, 1.54) is 11.0 Å². The van der Waals surface area contributed by atoms with Crippen LogP contribution in [0.5, 0.6) is 0 Å². The molecule has 0 aromatic rings. The van der Waals surface area contributed by atoms with Gasteiger partial charge in [-0.25, -0.2) is 0 Å². The largest absolute Gasteiger partial charge is 0.359 e. The standard InChI is InChI=1S/C10H14N2O3/c1-11-9(14)5-4-8(7-13)12-6-2-3-10(12)15/h2-3,7-8H,4-6H2,1H3,(H,11,14). The first-order valence-corrected chi connectivity index (χ1v) is 4.82. The Morgan fingerprint density at radius 2 is 2.47 bits per heavy atom. The summed E-state index contributed by atoms with van der Waals surface area (Å²) in [5, 5.41) is 2.47. The zero-order chi connectivity index (χ0) is 11.3. The van der Waals surface area contributed by atoms with Crippen LogP contribution in [0.2, 0.25) is 0 Å². The van der Waals surface area contributed by atoms with Crippen molar-refractivity contribution in [3.8, 4) is 0 Å². The summed E-state index contributed by atoms with van der Waals surface area (Å²) in [6, 6.07) is -0.496. The predicted molar refractivity (Wildman–Crippen MR) is 54.0 cm³/mol. The van der Waals surface area contributed by atoms with Crippen molar-refractivity contribution in [2.45, 2.75) is 18.9 Å². The van der Waals surface area contributed by atoms with Crippen LogP contribution < -0.4 is 5.32 Å². The minimum absolute atomic E-state index is 0.124. The number of hydrogen-bond donors (Lipinski definition) is 1. The van der Waals surface area contributed by atoms with Crippen molar-refractivity contribution in [1.29, 1.82) is 0 Å². The van der Waals surface area contributed by atoms with E-state index in [0.29, 0.717) is 19.3 Å². The number of nitrogens with one attached hydrogen (secondary N) is 1. The van der Waals surface area contributed by atoms with E-state index in [1.807, 2.05) is 0 Å². The Morgan fingerprint density at radius 3 is 2.93 bits per heavy atom. The lowest BCUT2D eigenvalue weighted by Gasteiger charge is -2.22. The summed E-state index contributed by atoms with van der Waals surface area (Å²) in [4.78, 5) is 34.5. The van der Waals surface area contributed by atoms with Gasteiger partial charge in [-0.3, -0.25) is 9.59 Å². The Labute approximate surface area is 88.1 Å². The van der Waals surface area contributed by atoms with Gasteiger partial charge in [0.25, 0.3) is 0 Å². The van der Waals surface area contributed by atoms with Gasteiger partial charge in [-0.2, -0.15) is 0 Å². The first-order chi connectivity index (χ1) is 7.19. The van der Waals surface area contributed by atoms with E-state index in [1.54, 1.807) is 13.1 Å². The molecule has 0 bridgehead atoms. The van der Waals surface area contributed by atoms with Crippen molar-refractivity contribution in [2.75, 3.05) is 13.6 Å². The van der Waals surface area contributed by atoms with Crippen LogP contribution in [0.15, 0.2) is 12.2 Å². The molecule has 1 heterocycles. The van der Waals surface area contributed by atoms with Gasteiger partial charge in [0, 0.05) is 26.1 Å². The fourth-order valence-corrected chi connectivity index (χ4v) is 1.45. The third kappa shape index (κ3) is 2.90. The molecule has 0 aliphatic carbocycles. The molecule has 0 saturated heterocycles. The van der Waals surface area contributed by atoms with Crippen molar-refractivity contribution < 1.29 is 14.4 Å². The van der Waals surface area contributed by atoms with Gasteiger partial charge >= 0.3 is 0 Å². The van der Waals surface area contributed by atoms with Crippen LogP contribution in [0.1, 0.15) is 12.8 Å². The van der Waals surface area contributed by atoms with Crippen molar-refractivity contribution >= 4 is 18.1 Å². The summed E-state index contributed by atoms with van der Waals surface area (Å²) in [7, 11) is 1.54. The number of nitrogens with zero attached hydrogens (tertiary/aromatic N) is 1. The average Bonchev–Trinajstić information content (AvgIpc) is 2.65. The van der Waals surface area contributed by atoms with Crippen LogP contribution in [0.4, 0.5) is 0 Å². The van der Waals surface area contributed by atoms with Crippen LogP contribution in [0, 0.1) is 0 Å². The van der Waals surface area contributed by atoms with Crippen molar-refractivity contribution in [2.24, 2.45) is 0 Å².